The summed E-state index contributed by atoms with van der Waals surface area (Å²) in [6.07, 6.45) is 1.36. The molecule has 0 aromatic heterocycles. The van der Waals surface area contributed by atoms with Crippen LogP contribution in [-0.2, 0) is 25.4 Å². The van der Waals surface area contributed by atoms with Gasteiger partial charge in [-0.3, -0.25) is 4.79 Å². The van der Waals surface area contributed by atoms with E-state index in [2.05, 4.69) is 10.6 Å². The summed E-state index contributed by atoms with van der Waals surface area (Å²) in [7, 11) is -0.645. The molecule has 2 aromatic carbocycles. The quantitative estimate of drug-likeness (QED) is 0.603. The SMILES string of the molecule is CC(=O)Nc1cccc(C=C(CNC(=O)OCc2ccccc2)B2OC(C)(C)C(C)(C)O2)c1. The zero-order chi connectivity index (χ0) is 24.1. The monoisotopic (exact) mass is 450 g/mol. The maximum Gasteiger partial charge on any atom is 0.492 e. The Morgan fingerprint density at radius 2 is 1.67 bits per heavy atom. The highest BCUT2D eigenvalue weighted by Gasteiger charge is 2.52. The first-order valence-corrected chi connectivity index (χ1v) is 10.9. The molecule has 1 aliphatic heterocycles. The third-order valence-electron chi connectivity index (χ3n) is 5.76. The van der Waals surface area contributed by atoms with E-state index < -0.39 is 24.4 Å². The number of carbonyl (C=O) groups excluding carboxylic acids is 2. The molecule has 1 fully saturated rings. The van der Waals surface area contributed by atoms with Crippen LogP contribution in [0.3, 0.4) is 0 Å². The van der Waals surface area contributed by atoms with E-state index in [1.165, 1.54) is 6.92 Å². The summed E-state index contributed by atoms with van der Waals surface area (Å²) < 4.78 is 17.7. The summed E-state index contributed by atoms with van der Waals surface area (Å²) in [6.45, 7) is 9.72. The van der Waals surface area contributed by atoms with Gasteiger partial charge >= 0.3 is 13.2 Å². The Kier molecular flexibility index (Phi) is 7.61. The van der Waals surface area contributed by atoms with Crippen LogP contribution >= 0.6 is 0 Å². The van der Waals surface area contributed by atoms with Crippen molar-refractivity contribution in [2.45, 2.75) is 52.4 Å². The number of ether oxygens (including phenoxy) is 1. The lowest BCUT2D eigenvalue weighted by molar-refractivity contribution is -0.114. The fourth-order valence-corrected chi connectivity index (χ4v) is 3.27. The normalized spacial score (nSPS) is 16.9. The number of alkyl carbamates (subject to hydrolysis) is 1. The lowest BCUT2D eigenvalue weighted by Crippen LogP contribution is -2.41. The van der Waals surface area contributed by atoms with Crippen molar-refractivity contribution < 1.29 is 23.6 Å². The summed E-state index contributed by atoms with van der Waals surface area (Å²) in [6, 6.07) is 16.9. The fourth-order valence-electron chi connectivity index (χ4n) is 3.27. The molecule has 2 N–H and O–H groups in total. The standard InChI is InChI=1S/C25H31BN2O5/c1-18(29)28-22-13-9-12-20(15-22)14-21(26-32-24(2,3)25(4,5)33-26)16-27-23(30)31-17-19-10-7-6-8-11-19/h6-15H,16-17H2,1-5H3,(H,27,30)(H,28,29). The predicted octanol–water partition coefficient (Wildman–Crippen LogP) is 4.59. The average Bonchev–Trinajstić information content (AvgIpc) is 2.97. The Balaban J connectivity index is 1.75. The first-order valence-electron chi connectivity index (χ1n) is 10.9. The largest absolute Gasteiger partial charge is 0.492 e. The van der Waals surface area contributed by atoms with Crippen molar-refractivity contribution >= 4 is 30.9 Å². The van der Waals surface area contributed by atoms with Gasteiger partial charge in [-0.2, -0.15) is 0 Å². The number of hydrogen-bond donors (Lipinski definition) is 2. The number of rotatable bonds is 7. The molecule has 0 aliphatic carbocycles. The molecule has 0 atom stereocenters. The zero-order valence-corrected chi connectivity index (χ0v) is 19.8. The number of amides is 2. The lowest BCUT2D eigenvalue weighted by atomic mass is 9.77. The Labute approximate surface area is 195 Å². The first kappa shape index (κ1) is 24.5. The second-order valence-corrected chi connectivity index (χ2v) is 9.03. The van der Waals surface area contributed by atoms with Crippen LogP contribution in [-0.4, -0.2) is 36.9 Å². The molecule has 3 rings (SSSR count). The molecule has 2 aromatic rings. The third kappa shape index (κ3) is 6.69. The van der Waals surface area contributed by atoms with E-state index in [9.17, 15) is 9.59 Å². The predicted molar refractivity (Wildman–Crippen MR) is 129 cm³/mol. The van der Waals surface area contributed by atoms with Gasteiger partial charge in [-0.25, -0.2) is 4.79 Å². The minimum absolute atomic E-state index is 0.148. The molecule has 1 heterocycles. The van der Waals surface area contributed by atoms with Gasteiger partial charge in [-0.1, -0.05) is 48.5 Å². The van der Waals surface area contributed by atoms with Crippen LogP contribution in [0, 0.1) is 0 Å². The van der Waals surface area contributed by atoms with Gasteiger partial charge in [0.1, 0.15) is 6.61 Å². The smallest absolute Gasteiger partial charge is 0.445 e. The second-order valence-electron chi connectivity index (χ2n) is 9.03. The minimum atomic E-state index is -0.645. The highest BCUT2D eigenvalue weighted by Crippen LogP contribution is 2.38. The molecule has 1 aliphatic rings. The summed E-state index contributed by atoms with van der Waals surface area (Å²) in [5.41, 5.74) is 2.10. The van der Waals surface area contributed by atoms with E-state index in [0.717, 1.165) is 16.6 Å². The highest BCUT2D eigenvalue weighted by atomic mass is 16.7. The molecule has 174 valence electrons. The van der Waals surface area contributed by atoms with Crippen LogP contribution in [0.15, 0.2) is 60.1 Å². The molecular weight excluding hydrogens is 419 g/mol. The molecule has 0 radical (unpaired) electrons. The van der Waals surface area contributed by atoms with Crippen molar-refractivity contribution in [3.8, 4) is 0 Å². The van der Waals surface area contributed by atoms with Crippen molar-refractivity contribution in [1.29, 1.82) is 0 Å². The van der Waals surface area contributed by atoms with Gasteiger partial charge in [0.2, 0.25) is 5.91 Å². The Bertz CT molecular complexity index is 1000. The number of anilines is 1. The van der Waals surface area contributed by atoms with E-state index in [-0.39, 0.29) is 19.1 Å². The van der Waals surface area contributed by atoms with Crippen molar-refractivity contribution in [2.75, 3.05) is 11.9 Å². The van der Waals surface area contributed by atoms with Gasteiger partial charge < -0.3 is 24.7 Å². The molecule has 0 bridgehead atoms. The van der Waals surface area contributed by atoms with E-state index in [4.69, 9.17) is 14.0 Å². The maximum absolute atomic E-state index is 12.3. The van der Waals surface area contributed by atoms with E-state index in [1.807, 2.05) is 88.4 Å². The summed E-state index contributed by atoms with van der Waals surface area (Å²) in [5, 5.41) is 5.57. The lowest BCUT2D eigenvalue weighted by Gasteiger charge is -2.32. The summed E-state index contributed by atoms with van der Waals surface area (Å²) in [5.74, 6) is -0.148. The topological polar surface area (TPSA) is 85.9 Å². The van der Waals surface area contributed by atoms with Gasteiger partial charge in [0.05, 0.1) is 11.2 Å². The van der Waals surface area contributed by atoms with Crippen LogP contribution in [0.5, 0.6) is 0 Å². The molecule has 0 unspecified atom stereocenters. The van der Waals surface area contributed by atoms with E-state index in [1.54, 1.807) is 0 Å². The van der Waals surface area contributed by atoms with Crippen LogP contribution in [0.2, 0.25) is 0 Å². The van der Waals surface area contributed by atoms with Gasteiger partial charge in [0, 0.05) is 19.2 Å². The molecule has 0 saturated carbocycles. The van der Waals surface area contributed by atoms with E-state index >= 15 is 0 Å². The number of hydrogen-bond acceptors (Lipinski definition) is 5. The Morgan fingerprint density at radius 1 is 1.00 bits per heavy atom. The van der Waals surface area contributed by atoms with Crippen molar-refractivity contribution in [1.82, 2.24) is 5.32 Å². The molecule has 7 nitrogen and oxygen atoms in total. The molecule has 0 spiro atoms. The Morgan fingerprint density at radius 3 is 2.30 bits per heavy atom. The Hall–Kier alpha value is -3.10. The van der Waals surface area contributed by atoms with Crippen molar-refractivity contribution in [3.05, 3.63) is 71.2 Å². The molecule has 2 amide bonds. The second kappa shape index (κ2) is 10.2. The van der Waals surface area contributed by atoms with Crippen LogP contribution in [0.1, 0.15) is 45.7 Å². The van der Waals surface area contributed by atoms with Crippen LogP contribution in [0.4, 0.5) is 10.5 Å². The molecule has 1 saturated heterocycles. The molecule has 8 heteroatoms. The van der Waals surface area contributed by atoms with Crippen molar-refractivity contribution in [3.63, 3.8) is 0 Å². The summed E-state index contributed by atoms with van der Waals surface area (Å²) >= 11 is 0. The third-order valence-corrected chi connectivity index (χ3v) is 5.76. The zero-order valence-electron chi connectivity index (χ0n) is 19.8. The van der Waals surface area contributed by atoms with Crippen molar-refractivity contribution in [2.24, 2.45) is 0 Å². The number of benzene rings is 2. The van der Waals surface area contributed by atoms with Gasteiger partial charge in [0.25, 0.3) is 0 Å². The van der Waals surface area contributed by atoms with E-state index in [0.29, 0.717) is 5.69 Å². The average molecular weight is 450 g/mol. The number of carbonyl (C=O) groups is 2. The molecular formula is C25H31BN2O5. The highest BCUT2D eigenvalue weighted by molar-refractivity contribution is 6.56. The first-order chi connectivity index (χ1) is 15.6. The fraction of sp³-hybridized carbons (Fsp3) is 0.360. The molecule has 33 heavy (non-hydrogen) atoms. The summed E-state index contributed by atoms with van der Waals surface area (Å²) in [4.78, 5) is 23.7. The van der Waals surface area contributed by atoms with Crippen LogP contribution in [0.25, 0.3) is 6.08 Å². The minimum Gasteiger partial charge on any atom is -0.445 e. The maximum atomic E-state index is 12.3. The van der Waals surface area contributed by atoms with Gasteiger partial charge in [-0.15, -0.1) is 0 Å². The number of nitrogens with one attached hydrogen (secondary N) is 2. The van der Waals surface area contributed by atoms with Gasteiger partial charge in [-0.05, 0) is 56.4 Å². The van der Waals surface area contributed by atoms with Gasteiger partial charge in [0.15, 0.2) is 0 Å². The van der Waals surface area contributed by atoms with Crippen LogP contribution < -0.4 is 10.6 Å².